The van der Waals surface area contributed by atoms with Crippen molar-refractivity contribution in [3.63, 3.8) is 0 Å². The van der Waals surface area contributed by atoms with Crippen LogP contribution in [0.5, 0.6) is 0 Å². The number of thioether (sulfide) groups is 2. The molecule has 0 aromatic carbocycles. The summed E-state index contributed by atoms with van der Waals surface area (Å²) in [5, 5.41) is 0. The maximum Gasteiger partial charge on any atom is 0.0157 e. The Bertz CT molecular complexity index is 1040. The zero-order chi connectivity index (χ0) is 22.8. The zero-order valence-corrected chi connectivity index (χ0v) is 20.6. The second-order valence-electron chi connectivity index (χ2n) is 7.89. The minimum absolute atomic E-state index is 0.849. The summed E-state index contributed by atoms with van der Waals surface area (Å²) in [6, 6.07) is 0. The van der Waals surface area contributed by atoms with E-state index in [1.54, 1.807) is 11.8 Å². The molecule has 0 spiro atoms. The molecule has 0 atom stereocenters. The third-order valence-corrected chi connectivity index (χ3v) is 7.73. The van der Waals surface area contributed by atoms with Crippen molar-refractivity contribution >= 4 is 23.5 Å². The van der Waals surface area contributed by atoms with Gasteiger partial charge in [0.15, 0.2) is 0 Å². The highest BCUT2D eigenvalue weighted by Gasteiger charge is 2.20. The lowest BCUT2D eigenvalue weighted by Crippen LogP contribution is -1.98. The van der Waals surface area contributed by atoms with Gasteiger partial charge in [0.2, 0.25) is 0 Å². The van der Waals surface area contributed by atoms with Crippen molar-refractivity contribution in [2.45, 2.75) is 39.0 Å². The molecule has 0 amide bonds. The number of allylic oxidation sites excluding steroid dienone is 19. The highest BCUT2D eigenvalue weighted by molar-refractivity contribution is 8.10. The van der Waals surface area contributed by atoms with E-state index in [2.05, 4.69) is 93.5 Å². The molecule has 3 rings (SSSR count). The third kappa shape index (κ3) is 7.32. The van der Waals surface area contributed by atoms with E-state index in [1.807, 2.05) is 23.9 Å². The van der Waals surface area contributed by atoms with Gasteiger partial charge in [-0.05, 0) is 61.5 Å². The van der Waals surface area contributed by atoms with Crippen molar-refractivity contribution in [1.29, 1.82) is 0 Å². The van der Waals surface area contributed by atoms with Gasteiger partial charge in [-0.3, -0.25) is 0 Å². The molecule has 0 saturated heterocycles. The maximum absolute atomic E-state index is 4.22. The summed E-state index contributed by atoms with van der Waals surface area (Å²) in [4.78, 5) is 5.19. The lowest BCUT2D eigenvalue weighted by molar-refractivity contribution is 1.18. The van der Waals surface area contributed by atoms with Crippen molar-refractivity contribution in [1.82, 2.24) is 0 Å². The van der Waals surface area contributed by atoms with Crippen molar-refractivity contribution in [3.8, 4) is 0 Å². The molecule has 0 radical (unpaired) electrons. The Morgan fingerprint density at radius 2 is 1.94 bits per heavy atom. The van der Waals surface area contributed by atoms with E-state index in [0.717, 1.165) is 37.0 Å². The van der Waals surface area contributed by atoms with E-state index >= 15 is 0 Å². The van der Waals surface area contributed by atoms with Gasteiger partial charge in [0.05, 0.1) is 0 Å². The molecule has 0 aromatic heterocycles. The largest absolute Gasteiger partial charge is 0.103 e. The van der Waals surface area contributed by atoms with E-state index in [4.69, 9.17) is 0 Å². The van der Waals surface area contributed by atoms with Gasteiger partial charge < -0.3 is 0 Å². The van der Waals surface area contributed by atoms with Crippen molar-refractivity contribution < 1.29 is 0 Å². The van der Waals surface area contributed by atoms with E-state index in [-0.39, 0.29) is 0 Å². The maximum atomic E-state index is 4.22. The fourth-order valence-electron chi connectivity index (χ4n) is 3.53. The van der Waals surface area contributed by atoms with Gasteiger partial charge in [-0.15, -0.1) is 6.58 Å². The van der Waals surface area contributed by atoms with Crippen molar-refractivity contribution in [2.75, 3.05) is 0 Å². The lowest BCUT2D eigenvalue weighted by atomic mass is 10.1. The lowest BCUT2D eigenvalue weighted by Gasteiger charge is -2.22. The van der Waals surface area contributed by atoms with Gasteiger partial charge in [-0.2, -0.15) is 0 Å². The predicted octanol–water partition coefficient (Wildman–Crippen LogP) is 9.82. The van der Waals surface area contributed by atoms with E-state index in [9.17, 15) is 0 Å². The standard InChI is InChI=1S/C30H32S2/c1-5-12-26(16-11-15-25-13-9-7-8-10-14-25)21-29-27(6-2)22-30-28(32-29)20-18-23(3)17-19-24(4)31-30/h5-9,11,13-14,16-19,21H,1-2,4,10,12,15,20,22H2,3H3/b16-11-,19-17-,23-18-,26-21+. The molecule has 0 bridgehead atoms. The van der Waals surface area contributed by atoms with Gasteiger partial charge in [0, 0.05) is 26.0 Å². The zero-order valence-electron chi connectivity index (χ0n) is 19.0. The summed E-state index contributed by atoms with van der Waals surface area (Å²) in [6.07, 6.45) is 33.0. The second-order valence-corrected chi connectivity index (χ2v) is 10.3. The molecule has 0 saturated carbocycles. The fourth-order valence-corrected chi connectivity index (χ4v) is 5.77. The van der Waals surface area contributed by atoms with Crippen LogP contribution < -0.4 is 0 Å². The topological polar surface area (TPSA) is 0 Å². The van der Waals surface area contributed by atoms with Crippen LogP contribution in [0.15, 0.2) is 141 Å². The quantitative estimate of drug-likeness (QED) is 0.276. The van der Waals surface area contributed by atoms with E-state index in [0.29, 0.717) is 0 Å². The molecule has 0 unspecified atom stereocenters. The van der Waals surface area contributed by atoms with Crippen LogP contribution in [0.1, 0.15) is 39.0 Å². The summed E-state index contributed by atoms with van der Waals surface area (Å²) < 4.78 is 0. The normalized spacial score (nSPS) is 22.4. The van der Waals surface area contributed by atoms with Crippen LogP contribution in [0, 0.1) is 0 Å². The molecule has 1 aliphatic carbocycles. The third-order valence-electron chi connectivity index (χ3n) is 5.31. The van der Waals surface area contributed by atoms with Crippen LogP contribution in [-0.2, 0) is 0 Å². The number of hydrogen-bond acceptors (Lipinski definition) is 2. The Morgan fingerprint density at radius 3 is 2.75 bits per heavy atom. The second kappa shape index (κ2) is 12.6. The van der Waals surface area contributed by atoms with Gasteiger partial charge in [-0.25, -0.2) is 0 Å². The molecule has 3 aliphatic rings. The SMILES string of the molecule is C=CCC(/C=C\CC1=CCC=CC=C1)=C\C1=C(C=C)CC2=C(C/C=C(C)\C=C/C(=C)S2)S1. The molecule has 0 N–H and O–H groups in total. The first-order valence-corrected chi connectivity index (χ1v) is 12.7. The van der Waals surface area contributed by atoms with Crippen LogP contribution in [0.2, 0.25) is 0 Å². The molecule has 0 nitrogen and oxygen atoms in total. The molecular weight excluding hydrogens is 424 g/mol. The summed E-state index contributed by atoms with van der Waals surface area (Å²) in [7, 11) is 0. The van der Waals surface area contributed by atoms with Gasteiger partial charge in [0.25, 0.3) is 0 Å². The molecule has 2 heteroatoms. The Hall–Kier alpha value is -2.42. The highest BCUT2D eigenvalue weighted by Crippen LogP contribution is 2.48. The van der Waals surface area contributed by atoms with Crippen molar-refractivity contribution in [3.05, 3.63) is 141 Å². The first-order chi connectivity index (χ1) is 15.6. The number of rotatable bonds is 7. The highest BCUT2D eigenvalue weighted by atomic mass is 32.2. The average molecular weight is 457 g/mol. The fraction of sp³-hybridized carbons (Fsp3) is 0.200. The minimum atomic E-state index is 0.849. The summed E-state index contributed by atoms with van der Waals surface area (Å²) in [5.41, 5.74) is 5.20. The smallest absolute Gasteiger partial charge is 0.0157 e. The number of hydrogen-bond donors (Lipinski definition) is 0. The van der Waals surface area contributed by atoms with Gasteiger partial charge >= 0.3 is 0 Å². The van der Waals surface area contributed by atoms with Crippen LogP contribution >= 0.6 is 23.5 Å². The van der Waals surface area contributed by atoms with E-state index in [1.165, 1.54) is 37.0 Å². The van der Waals surface area contributed by atoms with Gasteiger partial charge in [0.1, 0.15) is 0 Å². The Morgan fingerprint density at radius 1 is 1.06 bits per heavy atom. The Balaban J connectivity index is 1.82. The predicted molar refractivity (Wildman–Crippen MR) is 148 cm³/mol. The summed E-state index contributed by atoms with van der Waals surface area (Å²) in [5.74, 6) is 0. The molecule has 2 heterocycles. The minimum Gasteiger partial charge on any atom is -0.103 e. The van der Waals surface area contributed by atoms with E-state index < -0.39 is 0 Å². The molecule has 0 aromatic rings. The van der Waals surface area contributed by atoms with Crippen LogP contribution in [0.3, 0.4) is 0 Å². The van der Waals surface area contributed by atoms with Crippen LogP contribution in [0.25, 0.3) is 0 Å². The average Bonchev–Trinajstić information content (AvgIpc) is 3.03. The van der Waals surface area contributed by atoms with Crippen molar-refractivity contribution in [2.24, 2.45) is 0 Å². The summed E-state index contributed by atoms with van der Waals surface area (Å²) in [6.45, 7) is 14.5. The molecular formula is C30H32S2. The molecule has 32 heavy (non-hydrogen) atoms. The molecule has 164 valence electrons. The Labute approximate surface area is 202 Å². The monoisotopic (exact) mass is 456 g/mol. The van der Waals surface area contributed by atoms with Crippen LogP contribution in [0.4, 0.5) is 0 Å². The summed E-state index contributed by atoms with van der Waals surface area (Å²) >= 11 is 3.68. The van der Waals surface area contributed by atoms with Gasteiger partial charge in [-0.1, -0.05) is 109 Å². The first kappa shape index (κ1) is 24.2. The van der Waals surface area contributed by atoms with Crippen LogP contribution in [-0.4, -0.2) is 0 Å². The molecule has 2 aliphatic heterocycles. The first-order valence-electron chi connectivity index (χ1n) is 11.1. The molecule has 0 fully saturated rings. The Kier molecular flexibility index (Phi) is 9.52.